The smallest absolute Gasteiger partial charge is 0.198 e. The van der Waals surface area contributed by atoms with E-state index in [1.54, 1.807) is 10.7 Å². The molecule has 0 spiro atoms. The Hall–Kier alpha value is -2.20. The van der Waals surface area contributed by atoms with Gasteiger partial charge in [-0.15, -0.1) is 0 Å². The Labute approximate surface area is 152 Å². The quantitative estimate of drug-likeness (QED) is 0.688. The number of sulfone groups is 1. The van der Waals surface area contributed by atoms with Crippen LogP contribution in [0.4, 0.5) is 17.2 Å². The fraction of sp³-hybridized carbons (Fsp3) is 0.267. The first-order valence-electron chi connectivity index (χ1n) is 7.68. The highest BCUT2D eigenvalue weighted by molar-refractivity contribution is 9.10. The molecule has 2 aromatic heterocycles. The molecule has 3 heterocycles. The molecule has 0 radical (unpaired) electrons. The van der Waals surface area contributed by atoms with E-state index in [9.17, 15) is 8.42 Å². The Bertz CT molecular complexity index is 1000. The van der Waals surface area contributed by atoms with E-state index in [0.717, 1.165) is 11.4 Å². The second kappa shape index (κ2) is 6.26. The van der Waals surface area contributed by atoms with Gasteiger partial charge in [0.05, 0.1) is 17.7 Å². The molecule has 1 aliphatic rings. The molecule has 0 atom stereocenters. The van der Waals surface area contributed by atoms with Crippen LogP contribution in [0, 0.1) is 0 Å². The first-order valence-corrected chi connectivity index (χ1v) is 10.3. The zero-order chi connectivity index (χ0) is 17.4. The van der Waals surface area contributed by atoms with Gasteiger partial charge in [-0.2, -0.15) is 5.10 Å². The summed E-state index contributed by atoms with van der Waals surface area (Å²) in [5, 5.41) is 7.35. The Morgan fingerprint density at radius 2 is 1.84 bits per heavy atom. The van der Waals surface area contributed by atoms with Crippen molar-refractivity contribution in [2.24, 2.45) is 0 Å². The summed E-state index contributed by atoms with van der Waals surface area (Å²) < 4.78 is 25.4. The van der Waals surface area contributed by atoms with Gasteiger partial charge in [0.2, 0.25) is 0 Å². The van der Waals surface area contributed by atoms with Gasteiger partial charge >= 0.3 is 0 Å². The normalized spacial score (nSPS) is 16.9. The predicted molar refractivity (Wildman–Crippen MR) is 99.1 cm³/mol. The van der Waals surface area contributed by atoms with Crippen LogP contribution in [0.5, 0.6) is 0 Å². The lowest BCUT2D eigenvalue weighted by Gasteiger charge is -2.28. The molecule has 10 heteroatoms. The van der Waals surface area contributed by atoms with Crippen LogP contribution in [0.25, 0.3) is 5.65 Å². The lowest BCUT2D eigenvalue weighted by atomic mass is 10.2. The number of benzene rings is 1. The minimum absolute atomic E-state index is 0.208. The molecule has 0 aliphatic carbocycles. The summed E-state index contributed by atoms with van der Waals surface area (Å²) >= 11 is 3.36. The molecular formula is C15H15BrN6O2S. The largest absolute Gasteiger partial charge is 0.369 e. The molecule has 0 amide bonds. The van der Waals surface area contributed by atoms with Gasteiger partial charge in [-0.1, -0.05) is 0 Å². The van der Waals surface area contributed by atoms with Crippen molar-refractivity contribution >= 4 is 48.6 Å². The van der Waals surface area contributed by atoms with Crippen molar-refractivity contribution in [1.29, 1.82) is 0 Å². The maximum absolute atomic E-state index is 11.5. The number of anilines is 3. The highest BCUT2D eigenvalue weighted by atomic mass is 79.9. The highest BCUT2D eigenvalue weighted by Crippen LogP contribution is 2.24. The van der Waals surface area contributed by atoms with E-state index in [1.807, 2.05) is 24.3 Å². The van der Waals surface area contributed by atoms with E-state index in [1.165, 1.54) is 6.33 Å². The molecule has 1 fully saturated rings. The van der Waals surface area contributed by atoms with Crippen molar-refractivity contribution in [3.63, 3.8) is 0 Å². The van der Waals surface area contributed by atoms with Gasteiger partial charge in [0.15, 0.2) is 21.3 Å². The van der Waals surface area contributed by atoms with Crippen molar-refractivity contribution < 1.29 is 8.42 Å². The van der Waals surface area contributed by atoms with Crippen LogP contribution in [0.2, 0.25) is 0 Å². The van der Waals surface area contributed by atoms with Crippen molar-refractivity contribution in [3.8, 4) is 0 Å². The van der Waals surface area contributed by atoms with Crippen molar-refractivity contribution in [1.82, 2.24) is 19.6 Å². The second-order valence-corrected chi connectivity index (χ2v) is 8.87. The summed E-state index contributed by atoms with van der Waals surface area (Å²) in [5.41, 5.74) is 2.51. The monoisotopic (exact) mass is 422 g/mol. The first kappa shape index (κ1) is 16.3. The topological polar surface area (TPSA) is 92.5 Å². The fourth-order valence-corrected chi connectivity index (χ4v) is 4.32. The summed E-state index contributed by atoms with van der Waals surface area (Å²) in [5.74, 6) is 1.02. The molecule has 0 bridgehead atoms. The maximum atomic E-state index is 11.5. The third-order valence-corrected chi connectivity index (χ3v) is 6.06. The Morgan fingerprint density at radius 1 is 1.12 bits per heavy atom. The zero-order valence-corrected chi connectivity index (χ0v) is 15.5. The molecule has 1 aliphatic heterocycles. The predicted octanol–water partition coefficient (Wildman–Crippen LogP) is 1.87. The van der Waals surface area contributed by atoms with Crippen LogP contribution in [0.3, 0.4) is 0 Å². The first-order chi connectivity index (χ1) is 12.0. The molecule has 4 rings (SSSR count). The molecule has 1 N–H and O–H groups in total. The summed E-state index contributed by atoms with van der Waals surface area (Å²) in [6, 6.07) is 7.82. The fourth-order valence-electron chi connectivity index (χ4n) is 2.75. The summed E-state index contributed by atoms with van der Waals surface area (Å²) in [6.07, 6.45) is 3.21. The van der Waals surface area contributed by atoms with E-state index in [4.69, 9.17) is 0 Å². The number of nitrogens with zero attached hydrogens (tertiary/aromatic N) is 5. The Kier molecular flexibility index (Phi) is 4.08. The van der Waals surface area contributed by atoms with E-state index in [2.05, 4.69) is 41.2 Å². The minimum atomic E-state index is -2.87. The van der Waals surface area contributed by atoms with E-state index in [-0.39, 0.29) is 11.5 Å². The van der Waals surface area contributed by atoms with E-state index >= 15 is 0 Å². The van der Waals surface area contributed by atoms with Crippen LogP contribution < -0.4 is 10.2 Å². The van der Waals surface area contributed by atoms with Crippen molar-refractivity contribution in [2.75, 3.05) is 34.8 Å². The summed E-state index contributed by atoms with van der Waals surface area (Å²) in [7, 11) is -2.87. The molecule has 1 aromatic carbocycles. The number of nitrogens with one attached hydrogen (secondary N) is 1. The molecule has 130 valence electrons. The van der Waals surface area contributed by atoms with Gasteiger partial charge in [0, 0.05) is 24.5 Å². The molecule has 0 unspecified atom stereocenters. The van der Waals surface area contributed by atoms with Crippen LogP contribution in [-0.4, -0.2) is 52.6 Å². The third kappa shape index (κ3) is 3.45. The van der Waals surface area contributed by atoms with Crippen LogP contribution in [-0.2, 0) is 9.84 Å². The van der Waals surface area contributed by atoms with Crippen molar-refractivity contribution in [3.05, 3.63) is 41.4 Å². The Balaban J connectivity index is 1.53. The number of hydrogen-bond acceptors (Lipinski definition) is 7. The van der Waals surface area contributed by atoms with Crippen LogP contribution in [0.15, 0.2) is 41.4 Å². The average Bonchev–Trinajstić information content (AvgIpc) is 3.04. The number of fused-ring (bicyclic) bond motifs is 1. The van der Waals surface area contributed by atoms with Gasteiger partial charge < -0.3 is 10.2 Å². The van der Waals surface area contributed by atoms with Gasteiger partial charge in [-0.05, 0) is 40.2 Å². The molecule has 1 saturated heterocycles. The lowest BCUT2D eigenvalue weighted by Crippen LogP contribution is -2.40. The number of rotatable bonds is 3. The third-order valence-electron chi connectivity index (χ3n) is 4.07. The zero-order valence-electron chi connectivity index (χ0n) is 13.1. The molecule has 25 heavy (non-hydrogen) atoms. The van der Waals surface area contributed by atoms with E-state index in [0.29, 0.717) is 29.2 Å². The molecular weight excluding hydrogens is 408 g/mol. The second-order valence-electron chi connectivity index (χ2n) is 5.75. The SMILES string of the molecule is O=S1(=O)CCN(c2ccc(Nc3nc(Br)cn4ncnc34)cc2)CC1. The number of halogens is 1. The molecule has 0 saturated carbocycles. The minimum Gasteiger partial charge on any atom is -0.369 e. The average molecular weight is 423 g/mol. The number of hydrogen-bond donors (Lipinski definition) is 1. The van der Waals surface area contributed by atoms with Gasteiger partial charge in [-0.25, -0.2) is 22.9 Å². The van der Waals surface area contributed by atoms with Gasteiger partial charge in [0.1, 0.15) is 10.9 Å². The number of aromatic nitrogens is 4. The van der Waals surface area contributed by atoms with Gasteiger partial charge in [0.25, 0.3) is 0 Å². The molecule has 8 nitrogen and oxygen atoms in total. The van der Waals surface area contributed by atoms with Crippen LogP contribution in [0.1, 0.15) is 0 Å². The summed E-state index contributed by atoms with van der Waals surface area (Å²) in [4.78, 5) is 10.7. The van der Waals surface area contributed by atoms with Gasteiger partial charge in [-0.3, -0.25) is 0 Å². The lowest BCUT2D eigenvalue weighted by molar-refractivity contribution is 0.587. The highest BCUT2D eigenvalue weighted by Gasteiger charge is 2.21. The maximum Gasteiger partial charge on any atom is 0.198 e. The van der Waals surface area contributed by atoms with Crippen molar-refractivity contribution in [2.45, 2.75) is 0 Å². The standard InChI is InChI=1S/C15H15BrN6O2S/c16-13-9-22-15(17-10-18-22)14(20-13)19-11-1-3-12(4-2-11)21-5-7-25(23,24)8-6-21/h1-4,9-10H,5-8H2,(H,19,20). The van der Waals surface area contributed by atoms with Crippen LogP contribution >= 0.6 is 15.9 Å². The molecule has 3 aromatic rings. The summed E-state index contributed by atoms with van der Waals surface area (Å²) in [6.45, 7) is 1.06. The van der Waals surface area contributed by atoms with E-state index < -0.39 is 9.84 Å². The Morgan fingerprint density at radius 3 is 2.56 bits per heavy atom.